The summed E-state index contributed by atoms with van der Waals surface area (Å²) in [6.07, 6.45) is -1.12. The standard InChI is InChI=1S/C22H24BrNO5/c1-14(16-7-5-4-6-8-16)24-22(27)15(2)29-21(26)12-10-19(25)18-13-17(23)9-11-20(18)28-3/h4-9,11,13-15H,10,12H2,1-3H3,(H,24,27)/t14-,15+/m1/s1. The molecule has 0 unspecified atom stereocenters. The molecule has 0 bridgehead atoms. The number of nitrogens with one attached hydrogen (secondary N) is 1. The van der Waals surface area contributed by atoms with E-state index in [4.69, 9.17) is 9.47 Å². The minimum atomic E-state index is -0.954. The van der Waals surface area contributed by atoms with Gasteiger partial charge in [0.1, 0.15) is 5.75 Å². The summed E-state index contributed by atoms with van der Waals surface area (Å²) in [4.78, 5) is 36.8. The molecule has 1 amide bonds. The van der Waals surface area contributed by atoms with E-state index in [1.165, 1.54) is 14.0 Å². The lowest BCUT2D eigenvalue weighted by Gasteiger charge is -2.18. The van der Waals surface area contributed by atoms with Gasteiger partial charge in [-0.05, 0) is 37.6 Å². The fourth-order valence-corrected chi connectivity index (χ4v) is 3.07. The molecule has 0 heterocycles. The summed E-state index contributed by atoms with van der Waals surface area (Å²) in [7, 11) is 1.48. The average molecular weight is 462 g/mol. The summed E-state index contributed by atoms with van der Waals surface area (Å²) in [5.41, 5.74) is 1.34. The van der Waals surface area contributed by atoms with E-state index < -0.39 is 18.0 Å². The number of hydrogen-bond acceptors (Lipinski definition) is 5. The van der Waals surface area contributed by atoms with Crippen molar-refractivity contribution in [1.82, 2.24) is 5.32 Å². The molecule has 0 saturated heterocycles. The van der Waals surface area contributed by atoms with Gasteiger partial charge < -0.3 is 14.8 Å². The van der Waals surface area contributed by atoms with E-state index in [0.29, 0.717) is 11.3 Å². The Hall–Kier alpha value is -2.67. The molecule has 6 nitrogen and oxygen atoms in total. The molecule has 2 aromatic rings. The van der Waals surface area contributed by atoms with Crippen LogP contribution in [0, 0.1) is 0 Å². The van der Waals surface area contributed by atoms with Gasteiger partial charge in [-0.25, -0.2) is 0 Å². The molecule has 0 aliphatic carbocycles. The van der Waals surface area contributed by atoms with Crippen LogP contribution in [0.1, 0.15) is 48.7 Å². The van der Waals surface area contributed by atoms with Crippen molar-refractivity contribution in [3.05, 3.63) is 64.1 Å². The molecule has 0 radical (unpaired) electrons. The highest BCUT2D eigenvalue weighted by molar-refractivity contribution is 9.10. The summed E-state index contributed by atoms with van der Waals surface area (Å²) in [6, 6.07) is 14.4. The molecular formula is C22H24BrNO5. The predicted molar refractivity (Wildman–Crippen MR) is 113 cm³/mol. The third kappa shape index (κ3) is 6.71. The molecule has 2 rings (SSSR count). The first-order valence-corrected chi connectivity index (χ1v) is 10.0. The molecule has 154 valence electrons. The fraction of sp³-hybridized carbons (Fsp3) is 0.318. The van der Waals surface area contributed by atoms with E-state index >= 15 is 0 Å². The summed E-state index contributed by atoms with van der Waals surface area (Å²) in [6.45, 7) is 3.36. The molecule has 0 aromatic heterocycles. The highest BCUT2D eigenvalue weighted by atomic mass is 79.9. The Morgan fingerprint density at radius 3 is 2.38 bits per heavy atom. The monoisotopic (exact) mass is 461 g/mol. The van der Waals surface area contributed by atoms with Crippen LogP contribution >= 0.6 is 15.9 Å². The van der Waals surface area contributed by atoms with Crippen LogP contribution < -0.4 is 10.1 Å². The van der Waals surface area contributed by atoms with Gasteiger partial charge in [-0.2, -0.15) is 0 Å². The second-order valence-electron chi connectivity index (χ2n) is 6.54. The number of methoxy groups -OCH3 is 1. The number of carbonyl (C=O) groups excluding carboxylic acids is 3. The molecule has 0 aliphatic rings. The van der Waals surface area contributed by atoms with E-state index in [-0.39, 0.29) is 24.7 Å². The molecule has 0 fully saturated rings. The van der Waals surface area contributed by atoms with Crippen LogP contribution in [0.5, 0.6) is 5.75 Å². The maximum atomic E-state index is 12.4. The maximum Gasteiger partial charge on any atom is 0.307 e. The Kier molecular flexibility index (Phi) is 8.39. The van der Waals surface area contributed by atoms with Crippen molar-refractivity contribution in [1.29, 1.82) is 0 Å². The third-order valence-corrected chi connectivity index (χ3v) is 4.85. The Balaban J connectivity index is 1.84. The van der Waals surface area contributed by atoms with Crippen LogP contribution in [-0.2, 0) is 14.3 Å². The molecule has 2 aromatic carbocycles. The van der Waals surface area contributed by atoms with Crippen molar-refractivity contribution >= 4 is 33.6 Å². The molecule has 2 atom stereocenters. The lowest BCUT2D eigenvalue weighted by Crippen LogP contribution is -2.37. The topological polar surface area (TPSA) is 81.7 Å². The molecule has 0 saturated carbocycles. The second-order valence-corrected chi connectivity index (χ2v) is 7.46. The molecule has 1 N–H and O–H groups in total. The Bertz CT molecular complexity index is 869. The van der Waals surface area contributed by atoms with Crippen molar-refractivity contribution in [3.63, 3.8) is 0 Å². The molecular weight excluding hydrogens is 438 g/mol. The van der Waals surface area contributed by atoms with Crippen molar-refractivity contribution < 1.29 is 23.9 Å². The Morgan fingerprint density at radius 1 is 1.03 bits per heavy atom. The number of ketones is 1. The van der Waals surface area contributed by atoms with Crippen LogP contribution in [-0.4, -0.2) is 30.9 Å². The van der Waals surface area contributed by atoms with Crippen LogP contribution in [0.4, 0.5) is 0 Å². The van der Waals surface area contributed by atoms with Gasteiger partial charge in [0, 0.05) is 10.9 Å². The predicted octanol–water partition coefficient (Wildman–Crippen LogP) is 4.23. The largest absolute Gasteiger partial charge is 0.496 e. The molecule has 29 heavy (non-hydrogen) atoms. The van der Waals surface area contributed by atoms with E-state index in [0.717, 1.165) is 10.0 Å². The summed E-state index contributed by atoms with van der Waals surface area (Å²) in [5.74, 6) is -0.805. The Morgan fingerprint density at radius 2 is 1.72 bits per heavy atom. The van der Waals surface area contributed by atoms with Crippen LogP contribution in [0.15, 0.2) is 53.0 Å². The Labute approximate surface area is 178 Å². The number of benzene rings is 2. The number of ether oxygens (including phenoxy) is 2. The second kappa shape index (κ2) is 10.8. The third-order valence-electron chi connectivity index (χ3n) is 4.35. The van der Waals surface area contributed by atoms with Crippen LogP contribution in [0.2, 0.25) is 0 Å². The van der Waals surface area contributed by atoms with Gasteiger partial charge in [-0.15, -0.1) is 0 Å². The van der Waals surface area contributed by atoms with Crippen molar-refractivity contribution in [2.45, 2.75) is 38.8 Å². The molecule has 0 spiro atoms. The normalized spacial score (nSPS) is 12.6. The van der Waals surface area contributed by atoms with E-state index in [2.05, 4.69) is 21.2 Å². The smallest absolute Gasteiger partial charge is 0.307 e. The van der Waals surface area contributed by atoms with Gasteiger partial charge in [0.15, 0.2) is 11.9 Å². The first-order valence-electron chi connectivity index (χ1n) is 9.23. The van der Waals surface area contributed by atoms with Gasteiger partial charge in [0.05, 0.1) is 25.1 Å². The highest BCUT2D eigenvalue weighted by Gasteiger charge is 2.21. The summed E-state index contributed by atoms with van der Waals surface area (Å²) < 4.78 is 11.1. The van der Waals surface area contributed by atoms with Crippen molar-refractivity contribution in [2.75, 3.05) is 7.11 Å². The van der Waals surface area contributed by atoms with Gasteiger partial charge in [0.2, 0.25) is 0 Å². The van der Waals surface area contributed by atoms with E-state index in [9.17, 15) is 14.4 Å². The van der Waals surface area contributed by atoms with Gasteiger partial charge in [-0.3, -0.25) is 14.4 Å². The number of hydrogen-bond donors (Lipinski definition) is 1. The summed E-state index contributed by atoms with van der Waals surface area (Å²) >= 11 is 3.31. The first kappa shape index (κ1) is 22.6. The van der Waals surface area contributed by atoms with Crippen LogP contribution in [0.3, 0.4) is 0 Å². The van der Waals surface area contributed by atoms with E-state index in [1.807, 2.05) is 37.3 Å². The number of rotatable bonds is 9. The fourth-order valence-electron chi connectivity index (χ4n) is 2.71. The molecule has 0 aliphatic heterocycles. The number of halogens is 1. The quantitative estimate of drug-likeness (QED) is 0.446. The van der Waals surface area contributed by atoms with E-state index in [1.54, 1.807) is 18.2 Å². The van der Waals surface area contributed by atoms with Gasteiger partial charge in [0.25, 0.3) is 5.91 Å². The molecule has 7 heteroatoms. The highest BCUT2D eigenvalue weighted by Crippen LogP contribution is 2.24. The zero-order valence-corrected chi connectivity index (χ0v) is 18.2. The zero-order chi connectivity index (χ0) is 21.4. The van der Waals surface area contributed by atoms with Crippen molar-refractivity contribution in [3.8, 4) is 5.75 Å². The first-order chi connectivity index (χ1) is 13.8. The lowest BCUT2D eigenvalue weighted by molar-refractivity contribution is -0.155. The minimum Gasteiger partial charge on any atom is -0.496 e. The zero-order valence-electron chi connectivity index (χ0n) is 16.6. The van der Waals surface area contributed by atoms with Crippen LogP contribution in [0.25, 0.3) is 0 Å². The number of Topliss-reactive ketones (excluding diaryl/α,β-unsaturated/α-hetero) is 1. The maximum absolute atomic E-state index is 12.4. The lowest BCUT2D eigenvalue weighted by atomic mass is 10.1. The average Bonchev–Trinajstić information content (AvgIpc) is 2.72. The number of carbonyl (C=O) groups is 3. The van der Waals surface area contributed by atoms with Gasteiger partial charge >= 0.3 is 5.97 Å². The number of amides is 1. The summed E-state index contributed by atoms with van der Waals surface area (Å²) in [5, 5.41) is 2.81. The van der Waals surface area contributed by atoms with Crippen molar-refractivity contribution in [2.24, 2.45) is 0 Å². The number of esters is 1. The minimum absolute atomic E-state index is 0.0413. The SMILES string of the molecule is COc1ccc(Br)cc1C(=O)CCC(=O)O[C@@H](C)C(=O)N[C@H](C)c1ccccc1. The van der Waals surface area contributed by atoms with Gasteiger partial charge in [-0.1, -0.05) is 46.3 Å².